The van der Waals surface area contributed by atoms with E-state index in [1.165, 1.54) is 0 Å². The van der Waals surface area contributed by atoms with Gasteiger partial charge in [0.25, 0.3) is 0 Å². The Hall–Kier alpha value is -2.42. The summed E-state index contributed by atoms with van der Waals surface area (Å²) in [6.45, 7) is 1.98. The first-order valence-electron chi connectivity index (χ1n) is 7.10. The molecule has 2 aliphatic rings. The molecule has 106 valence electrons. The Balaban J connectivity index is 2.03. The quantitative estimate of drug-likeness (QED) is 0.582. The van der Waals surface area contributed by atoms with E-state index in [0.717, 1.165) is 22.3 Å². The highest BCUT2D eigenvalue weighted by atomic mass is 16.1. The van der Waals surface area contributed by atoms with Gasteiger partial charge in [0, 0.05) is 43.1 Å². The molecule has 0 N–H and O–H groups in total. The van der Waals surface area contributed by atoms with Crippen molar-refractivity contribution in [2.45, 2.75) is 6.92 Å². The minimum Gasteiger partial charge on any atom is -0.357 e. The van der Waals surface area contributed by atoms with E-state index in [2.05, 4.69) is 12.1 Å². The van der Waals surface area contributed by atoms with Gasteiger partial charge in [-0.1, -0.05) is 6.92 Å². The number of nitrogens with zero attached hydrogens (tertiary/aromatic N) is 2. The highest BCUT2D eigenvalue weighted by molar-refractivity contribution is 6.13. The maximum Gasteiger partial charge on any atom is 0.170 e. The zero-order chi connectivity index (χ0) is 15.0. The van der Waals surface area contributed by atoms with Crippen LogP contribution in [0, 0.1) is 5.92 Å². The molecule has 0 fully saturated rings. The molecule has 2 heterocycles. The molecule has 1 aliphatic heterocycles. The summed E-state index contributed by atoms with van der Waals surface area (Å²) in [6.07, 6.45) is 14.0. The molecule has 0 aromatic carbocycles. The molecule has 3 nitrogen and oxygen atoms in total. The van der Waals surface area contributed by atoms with Crippen molar-refractivity contribution in [1.82, 2.24) is 4.90 Å². The summed E-state index contributed by atoms with van der Waals surface area (Å²) in [5, 5.41) is 0. The van der Waals surface area contributed by atoms with E-state index in [1.807, 2.05) is 73.5 Å². The monoisotopic (exact) mass is 279 g/mol. The normalized spacial score (nSPS) is 21.3. The number of rotatable bonds is 1. The third-order valence-corrected chi connectivity index (χ3v) is 4.03. The van der Waals surface area contributed by atoms with Crippen LogP contribution < -0.4 is 4.57 Å². The molecule has 0 amide bonds. The van der Waals surface area contributed by atoms with E-state index in [-0.39, 0.29) is 11.7 Å². The van der Waals surface area contributed by atoms with Crippen LogP contribution in [0.5, 0.6) is 0 Å². The summed E-state index contributed by atoms with van der Waals surface area (Å²) >= 11 is 0. The van der Waals surface area contributed by atoms with Gasteiger partial charge >= 0.3 is 0 Å². The van der Waals surface area contributed by atoms with Crippen molar-refractivity contribution in [3.63, 3.8) is 0 Å². The molecule has 0 radical (unpaired) electrons. The Morgan fingerprint density at radius 1 is 1.14 bits per heavy atom. The number of hydrogen-bond acceptors (Lipinski definition) is 2. The molecule has 1 aliphatic carbocycles. The molecule has 3 heteroatoms. The van der Waals surface area contributed by atoms with Gasteiger partial charge < -0.3 is 4.90 Å². The van der Waals surface area contributed by atoms with E-state index in [4.69, 9.17) is 0 Å². The molecule has 0 saturated heterocycles. The Bertz CT molecular complexity index is 689. The molecule has 21 heavy (non-hydrogen) atoms. The van der Waals surface area contributed by atoms with Crippen molar-refractivity contribution in [1.29, 1.82) is 0 Å². The maximum atomic E-state index is 12.5. The van der Waals surface area contributed by atoms with Crippen molar-refractivity contribution < 1.29 is 9.36 Å². The largest absolute Gasteiger partial charge is 0.357 e. The van der Waals surface area contributed by atoms with Crippen LogP contribution in [0.1, 0.15) is 12.5 Å². The van der Waals surface area contributed by atoms with Gasteiger partial charge in [0.05, 0.1) is 0 Å². The molecule has 0 saturated carbocycles. The molecular weight excluding hydrogens is 260 g/mol. The van der Waals surface area contributed by atoms with Gasteiger partial charge in [-0.25, -0.2) is 4.57 Å². The Kier molecular flexibility index (Phi) is 3.34. The highest BCUT2D eigenvalue weighted by Crippen LogP contribution is 2.35. The molecule has 1 unspecified atom stereocenters. The molecule has 0 spiro atoms. The van der Waals surface area contributed by atoms with Gasteiger partial charge in [0.2, 0.25) is 0 Å². The van der Waals surface area contributed by atoms with Crippen molar-refractivity contribution >= 4 is 11.4 Å². The number of carbonyl (C=O) groups excluding carboxylic acids is 1. The van der Waals surface area contributed by atoms with Crippen LogP contribution >= 0.6 is 0 Å². The number of aromatic nitrogens is 1. The first kappa shape index (κ1) is 13.6. The van der Waals surface area contributed by atoms with Crippen molar-refractivity contribution in [3.05, 3.63) is 71.9 Å². The number of aryl methyl sites for hydroxylation is 1. The second kappa shape index (κ2) is 5.17. The topological polar surface area (TPSA) is 24.2 Å². The van der Waals surface area contributed by atoms with Crippen molar-refractivity contribution in [2.75, 3.05) is 7.05 Å². The maximum absolute atomic E-state index is 12.5. The molecule has 1 atom stereocenters. The second-order valence-electron chi connectivity index (χ2n) is 5.60. The number of hydrogen-bond donors (Lipinski definition) is 0. The third kappa shape index (κ3) is 2.47. The fourth-order valence-electron chi connectivity index (χ4n) is 2.66. The summed E-state index contributed by atoms with van der Waals surface area (Å²) in [4.78, 5) is 14.5. The number of pyridine rings is 1. The van der Waals surface area contributed by atoms with E-state index < -0.39 is 0 Å². The molecular formula is C18H19N2O+. The lowest BCUT2D eigenvalue weighted by Gasteiger charge is -2.13. The first-order valence-corrected chi connectivity index (χ1v) is 7.10. The third-order valence-electron chi connectivity index (χ3n) is 4.03. The van der Waals surface area contributed by atoms with Gasteiger partial charge in [-0.15, -0.1) is 0 Å². The number of carbonyl (C=O) groups is 1. The number of Topliss-reactive ketones (excluding diaryl/α,β-unsaturated/α-hetero) is 1. The van der Waals surface area contributed by atoms with E-state index >= 15 is 0 Å². The Morgan fingerprint density at radius 3 is 2.38 bits per heavy atom. The summed E-state index contributed by atoms with van der Waals surface area (Å²) in [7, 11) is 3.96. The van der Waals surface area contributed by atoms with Crippen molar-refractivity contribution in [3.8, 4) is 0 Å². The van der Waals surface area contributed by atoms with Crippen LogP contribution in [0.15, 0.2) is 66.3 Å². The van der Waals surface area contributed by atoms with E-state index in [0.29, 0.717) is 0 Å². The number of ketones is 1. The smallest absolute Gasteiger partial charge is 0.170 e. The summed E-state index contributed by atoms with van der Waals surface area (Å²) in [6, 6.07) is 4.12. The summed E-state index contributed by atoms with van der Waals surface area (Å²) < 4.78 is 1.99. The van der Waals surface area contributed by atoms with Gasteiger partial charge in [-0.3, -0.25) is 4.79 Å². The average Bonchev–Trinajstić information content (AvgIpc) is 2.78. The fraction of sp³-hybridized carbons (Fsp3) is 0.222. The van der Waals surface area contributed by atoms with Gasteiger partial charge in [0.1, 0.15) is 7.05 Å². The van der Waals surface area contributed by atoms with Crippen LogP contribution in [-0.4, -0.2) is 17.7 Å². The minimum atomic E-state index is -0.0818. The van der Waals surface area contributed by atoms with Crippen LogP contribution in [0.3, 0.4) is 0 Å². The number of allylic oxidation sites excluding steroid dienone is 6. The van der Waals surface area contributed by atoms with E-state index in [1.54, 1.807) is 0 Å². The van der Waals surface area contributed by atoms with Gasteiger partial charge in [-0.05, 0) is 34.9 Å². The fourth-order valence-corrected chi connectivity index (χ4v) is 2.66. The Morgan fingerprint density at radius 2 is 1.76 bits per heavy atom. The van der Waals surface area contributed by atoms with Crippen molar-refractivity contribution in [2.24, 2.45) is 13.0 Å². The molecule has 1 aromatic rings. The SMILES string of the molecule is CC1C(=O)C(=C2C=CN(C)C=C2)C=C1c1cc[n+](C)cc1. The molecule has 1 aromatic heterocycles. The van der Waals surface area contributed by atoms with Gasteiger partial charge in [-0.2, -0.15) is 0 Å². The zero-order valence-electron chi connectivity index (χ0n) is 12.6. The first-order chi connectivity index (χ1) is 10.1. The van der Waals surface area contributed by atoms with E-state index in [9.17, 15) is 4.79 Å². The highest BCUT2D eigenvalue weighted by Gasteiger charge is 2.30. The molecule has 3 rings (SSSR count). The molecule has 0 bridgehead atoms. The minimum absolute atomic E-state index is 0.0818. The zero-order valence-corrected chi connectivity index (χ0v) is 12.6. The lowest BCUT2D eigenvalue weighted by molar-refractivity contribution is -0.671. The second-order valence-corrected chi connectivity index (χ2v) is 5.60. The summed E-state index contributed by atoms with van der Waals surface area (Å²) in [5.41, 5.74) is 4.02. The predicted octanol–water partition coefficient (Wildman–Crippen LogP) is 2.38. The Labute approximate surface area is 125 Å². The average molecular weight is 279 g/mol. The predicted molar refractivity (Wildman–Crippen MR) is 82.8 cm³/mol. The standard InChI is InChI=1S/C18H19N2O/c1-13-16(14-4-8-19(2)9-5-14)12-17(18(13)21)15-6-10-20(3)11-7-15/h4-13H,1-3H3/q+1. The van der Waals surface area contributed by atoms with Crippen LogP contribution in [0.2, 0.25) is 0 Å². The van der Waals surface area contributed by atoms with Crippen LogP contribution in [-0.2, 0) is 11.8 Å². The van der Waals surface area contributed by atoms with Crippen LogP contribution in [0.25, 0.3) is 5.57 Å². The van der Waals surface area contributed by atoms with Gasteiger partial charge in [0.15, 0.2) is 18.2 Å². The summed E-state index contributed by atoms with van der Waals surface area (Å²) in [5.74, 6) is 0.119. The lowest BCUT2D eigenvalue weighted by Crippen LogP contribution is -2.26. The van der Waals surface area contributed by atoms with Crippen LogP contribution in [0.4, 0.5) is 0 Å². The lowest BCUT2D eigenvalue weighted by atomic mass is 9.96.